The molecule has 0 bridgehead atoms. The summed E-state index contributed by atoms with van der Waals surface area (Å²) in [5.74, 6) is -0.507. The SMILES string of the molecule is CN(CCNC(=O)c1cccc(N)c1O)c1ccccc1. The largest absolute Gasteiger partial charge is 0.505 e. The number of para-hydroxylation sites is 2. The lowest BCUT2D eigenvalue weighted by molar-refractivity contribution is 0.0952. The lowest BCUT2D eigenvalue weighted by atomic mass is 10.1. The number of carbonyl (C=O) groups is 1. The molecule has 2 aromatic carbocycles. The fraction of sp³-hybridized carbons (Fsp3) is 0.188. The van der Waals surface area contributed by atoms with Crippen LogP contribution in [0, 0.1) is 0 Å². The van der Waals surface area contributed by atoms with E-state index >= 15 is 0 Å². The number of nitrogen functional groups attached to an aromatic ring is 1. The smallest absolute Gasteiger partial charge is 0.255 e. The van der Waals surface area contributed by atoms with E-state index in [9.17, 15) is 9.90 Å². The summed E-state index contributed by atoms with van der Waals surface area (Å²) in [4.78, 5) is 14.0. The molecule has 5 nitrogen and oxygen atoms in total. The number of phenols is 1. The Morgan fingerprint density at radius 2 is 1.90 bits per heavy atom. The van der Waals surface area contributed by atoms with Crippen molar-refractivity contribution < 1.29 is 9.90 Å². The van der Waals surface area contributed by atoms with Crippen molar-refractivity contribution in [2.45, 2.75) is 0 Å². The third-order valence-electron chi connectivity index (χ3n) is 3.24. The minimum atomic E-state index is -0.332. The number of amides is 1. The van der Waals surface area contributed by atoms with E-state index in [4.69, 9.17) is 5.73 Å². The van der Waals surface area contributed by atoms with Crippen LogP contribution in [0.2, 0.25) is 0 Å². The van der Waals surface area contributed by atoms with Gasteiger partial charge in [-0.15, -0.1) is 0 Å². The molecule has 0 spiro atoms. The van der Waals surface area contributed by atoms with Crippen LogP contribution in [-0.4, -0.2) is 31.2 Å². The van der Waals surface area contributed by atoms with Gasteiger partial charge in [0.1, 0.15) is 0 Å². The van der Waals surface area contributed by atoms with Crippen LogP contribution in [0.15, 0.2) is 48.5 Å². The number of benzene rings is 2. The molecule has 5 heteroatoms. The fourth-order valence-electron chi connectivity index (χ4n) is 1.99. The first-order chi connectivity index (χ1) is 10.1. The summed E-state index contributed by atoms with van der Waals surface area (Å²) in [5, 5.41) is 12.5. The van der Waals surface area contributed by atoms with Crippen LogP contribution in [0.3, 0.4) is 0 Å². The highest BCUT2D eigenvalue weighted by atomic mass is 16.3. The van der Waals surface area contributed by atoms with Gasteiger partial charge in [-0.3, -0.25) is 4.79 Å². The van der Waals surface area contributed by atoms with Gasteiger partial charge in [0, 0.05) is 25.8 Å². The maximum absolute atomic E-state index is 12.0. The van der Waals surface area contributed by atoms with Gasteiger partial charge in [0.2, 0.25) is 0 Å². The molecular formula is C16H19N3O2. The van der Waals surface area contributed by atoms with E-state index in [0.717, 1.165) is 5.69 Å². The van der Waals surface area contributed by atoms with Gasteiger partial charge in [-0.1, -0.05) is 24.3 Å². The lowest BCUT2D eigenvalue weighted by Crippen LogP contribution is -2.33. The van der Waals surface area contributed by atoms with E-state index in [1.165, 1.54) is 0 Å². The van der Waals surface area contributed by atoms with Crippen LogP contribution >= 0.6 is 0 Å². The molecule has 0 fully saturated rings. The quantitative estimate of drug-likeness (QED) is 0.578. The van der Waals surface area contributed by atoms with Crippen LogP contribution in [0.4, 0.5) is 11.4 Å². The summed E-state index contributed by atoms with van der Waals surface area (Å²) in [6, 6.07) is 14.6. The molecule has 21 heavy (non-hydrogen) atoms. The van der Waals surface area contributed by atoms with Crippen LogP contribution in [-0.2, 0) is 0 Å². The number of likely N-dealkylation sites (N-methyl/N-ethyl adjacent to an activating group) is 1. The Balaban J connectivity index is 1.89. The summed E-state index contributed by atoms with van der Waals surface area (Å²) < 4.78 is 0. The highest BCUT2D eigenvalue weighted by Crippen LogP contribution is 2.23. The molecule has 0 atom stereocenters. The first-order valence-electron chi connectivity index (χ1n) is 6.71. The number of hydrogen-bond donors (Lipinski definition) is 3. The number of rotatable bonds is 5. The van der Waals surface area contributed by atoms with Gasteiger partial charge in [-0.25, -0.2) is 0 Å². The number of nitrogens with two attached hydrogens (primary N) is 1. The number of hydrogen-bond acceptors (Lipinski definition) is 4. The fourth-order valence-corrected chi connectivity index (χ4v) is 1.99. The second-order valence-electron chi connectivity index (χ2n) is 4.76. The van der Waals surface area contributed by atoms with Crippen molar-refractivity contribution in [3.05, 3.63) is 54.1 Å². The van der Waals surface area contributed by atoms with Crippen LogP contribution < -0.4 is 16.0 Å². The van der Waals surface area contributed by atoms with Crippen LogP contribution in [0.5, 0.6) is 5.75 Å². The number of carbonyl (C=O) groups excluding carboxylic acids is 1. The molecule has 0 aromatic heterocycles. The molecule has 0 unspecified atom stereocenters. The van der Waals surface area contributed by atoms with E-state index in [1.807, 2.05) is 42.3 Å². The minimum absolute atomic E-state index is 0.175. The monoisotopic (exact) mass is 285 g/mol. The van der Waals surface area contributed by atoms with E-state index in [0.29, 0.717) is 13.1 Å². The Morgan fingerprint density at radius 1 is 1.19 bits per heavy atom. The molecular weight excluding hydrogens is 266 g/mol. The van der Waals surface area contributed by atoms with Crippen molar-refractivity contribution in [3.8, 4) is 5.75 Å². The Kier molecular flexibility index (Phi) is 4.66. The summed E-state index contributed by atoms with van der Waals surface area (Å²) in [5.41, 5.74) is 7.05. The average molecular weight is 285 g/mol. The predicted octanol–water partition coefficient (Wildman–Crippen LogP) is 1.84. The molecule has 0 aliphatic carbocycles. The van der Waals surface area contributed by atoms with E-state index in [1.54, 1.807) is 18.2 Å². The first-order valence-corrected chi connectivity index (χ1v) is 6.71. The van der Waals surface area contributed by atoms with Crippen molar-refractivity contribution >= 4 is 17.3 Å². The normalized spacial score (nSPS) is 10.1. The van der Waals surface area contributed by atoms with Crippen molar-refractivity contribution in [3.63, 3.8) is 0 Å². The Bertz CT molecular complexity index is 614. The Labute approximate surface area is 124 Å². The van der Waals surface area contributed by atoms with Gasteiger partial charge >= 0.3 is 0 Å². The standard InChI is InChI=1S/C16H19N3O2/c1-19(12-6-3-2-4-7-12)11-10-18-16(21)13-8-5-9-14(17)15(13)20/h2-9,20H,10-11,17H2,1H3,(H,18,21). The van der Waals surface area contributed by atoms with Crippen molar-refractivity contribution in [2.24, 2.45) is 0 Å². The molecule has 0 saturated heterocycles. The molecule has 4 N–H and O–H groups in total. The molecule has 2 rings (SSSR count). The predicted molar refractivity (Wildman–Crippen MR) is 84.6 cm³/mol. The number of aromatic hydroxyl groups is 1. The van der Waals surface area contributed by atoms with Gasteiger partial charge in [0.05, 0.1) is 11.3 Å². The second-order valence-corrected chi connectivity index (χ2v) is 4.76. The number of nitrogens with zero attached hydrogens (tertiary/aromatic N) is 1. The molecule has 1 amide bonds. The Morgan fingerprint density at radius 3 is 2.62 bits per heavy atom. The average Bonchev–Trinajstić information content (AvgIpc) is 2.50. The molecule has 2 aromatic rings. The third-order valence-corrected chi connectivity index (χ3v) is 3.24. The lowest BCUT2D eigenvalue weighted by Gasteiger charge is -2.19. The number of nitrogens with one attached hydrogen (secondary N) is 1. The van der Waals surface area contributed by atoms with E-state index in [-0.39, 0.29) is 22.9 Å². The zero-order valence-electron chi connectivity index (χ0n) is 11.9. The summed E-state index contributed by atoms with van der Waals surface area (Å²) >= 11 is 0. The number of anilines is 2. The van der Waals surface area contributed by atoms with Gasteiger partial charge in [0.25, 0.3) is 5.91 Å². The zero-order chi connectivity index (χ0) is 15.2. The zero-order valence-corrected chi connectivity index (χ0v) is 11.9. The minimum Gasteiger partial charge on any atom is -0.505 e. The highest BCUT2D eigenvalue weighted by molar-refractivity contribution is 5.98. The maximum atomic E-state index is 12.0. The summed E-state index contributed by atoms with van der Waals surface area (Å²) in [6.07, 6.45) is 0. The van der Waals surface area contributed by atoms with Gasteiger partial charge in [-0.05, 0) is 24.3 Å². The van der Waals surface area contributed by atoms with Gasteiger partial charge in [0.15, 0.2) is 5.75 Å². The van der Waals surface area contributed by atoms with Crippen molar-refractivity contribution in [1.82, 2.24) is 5.32 Å². The molecule has 0 aliphatic rings. The Hall–Kier alpha value is -2.69. The number of phenolic OH excluding ortho intramolecular Hbond substituents is 1. The maximum Gasteiger partial charge on any atom is 0.255 e. The van der Waals surface area contributed by atoms with Crippen LogP contribution in [0.1, 0.15) is 10.4 Å². The highest BCUT2D eigenvalue weighted by Gasteiger charge is 2.12. The van der Waals surface area contributed by atoms with Crippen LogP contribution in [0.25, 0.3) is 0 Å². The van der Waals surface area contributed by atoms with Gasteiger partial charge in [-0.2, -0.15) is 0 Å². The molecule has 0 saturated carbocycles. The molecule has 0 radical (unpaired) electrons. The molecule has 0 aliphatic heterocycles. The first kappa shape index (κ1) is 14.7. The third kappa shape index (κ3) is 3.66. The second kappa shape index (κ2) is 6.65. The van der Waals surface area contributed by atoms with Gasteiger partial charge < -0.3 is 21.1 Å². The van der Waals surface area contributed by atoms with Crippen molar-refractivity contribution in [2.75, 3.05) is 30.8 Å². The summed E-state index contributed by atoms with van der Waals surface area (Å²) in [6.45, 7) is 1.14. The van der Waals surface area contributed by atoms with E-state index in [2.05, 4.69) is 5.32 Å². The van der Waals surface area contributed by atoms with Crippen molar-refractivity contribution in [1.29, 1.82) is 0 Å². The molecule has 0 heterocycles. The molecule has 110 valence electrons. The summed E-state index contributed by atoms with van der Waals surface area (Å²) in [7, 11) is 1.96. The topological polar surface area (TPSA) is 78.6 Å². The van der Waals surface area contributed by atoms with E-state index < -0.39 is 0 Å².